The van der Waals surface area contributed by atoms with Gasteiger partial charge in [-0.1, -0.05) is 30.0 Å². The number of aromatic nitrogens is 2. The lowest BCUT2D eigenvalue weighted by Crippen LogP contribution is -2.22. The Morgan fingerprint density at radius 2 is 2.22 bits per heavy atom. The number of furan rings is 1. The highest BCUT2D eigenvalue weighted by Crippen LogP contribution is 2.27. The first-order valence-electron chi connectivity index (χ1n) is 8.06. The van der Waals surface area contributed by atoms with Crippen molar-refractivity contribution in [1.29, 1.82) is 0 Å². The van der Waals surface area contributed by atoms with Crippen molar-refractivity contribution in [2.45, 2.75) is 13.5 Å². The zero-order valence-electron chi connectivity index (χ0n) is 14.2. The number of hydrogen-bond donors (Lipinski definition) is 2. The predicted molar refractivity (Wildman–Crippen MR) is 109 cm³/mol. The van der Waals surface area contributed by atoms with Crippen LogP contribution < -0.4 is 16.2 Å². The molecule has 4 rings (SSSR count). The topological polar surface area (TPSA) is 88.6 Å². The lowest BCUT2D eigenvalue weighted by Gasteiger charge is -2.11. The summed E-state index contributed by atoms with van der Waals surface area (Å²) in [6, 6.07) is 7.27. The van der Waals surface area contributed by atoms with Gasteiger partial charge in [0, 0.05) is 6.20 Å². The molecule has 7 nitrogen and oxygen atoms in total. The van der Waals surface area contributed by atoms with Crippen LogP contribution in [0.1, 0.15) is 16.9 Å². The molecular formula is C18H14N4O3S2. The summed E-state index contributed by atoms with van der Waals surface area (Å²) < 4.78 is 7.16. The van der Waals surface area contributed by atoms with E-state index in [9.17, 15) is 9.59 Å². The normalized spacial score (nSPS) is 15.5. The summed E-state index contributed by atoms with van der Waals surface area (Å²) in [5, 5.41) is 5.69. The molecule has 3 aromatic heterocycles. The summed E-state index contributed by atoms with van der Waals surface area (Å²) in [5.41, 5.74) is 1.42. The fourth-order valence-corrected chi connectivity index (χ4v) is 3.74. The molecule has 0 aromatic carbocycles. The summed E-state index contributed by atoms with van der Waals surface area (Å²) in [5.74, 6) is 0.759. The lowest BCUT2D eigenvalue weighted by molar-refractivity contribution is -0.115. The van der Waals surface area contributed by atoms with Crippen LogP contribution >= 0.6 is 24.0 Å². The van der Waals surface area contributed by atoms with Gasteiger partial charge in [-0.2, -0.15) is 0 Å². The first kappa shape index (κ1) is 17.5. The van der Waals surface area contributed by atoms with Crippen LogP contribution in [0.3, 0.4) is 0 Å². The number of fused-ring (bicyclic) bond motifs is 1. The van der Waals surface area contributed by atoms with Crippen molar-refractivity contribution in [1.82, 2.24) is 14.7 Å². The van der Waals surface area contributed by atoms with E-state index >= 15 is 0 Å². The molecule has 0 unspecified atom stereocenters. The molecule has 2 N–H and O–H groups in total. The summed E-state index contributed by atoms with van der Waals surface area (Å²) in [6.45, 7) is 2.24. The number of amides is 1. The van der Waals surface area contributed by atoms with E-state index in [1.807, 2.05) is 19.1 Å². The van der Waals surface area contributed by atoms with Crippen LogP contribution in [0.15, 0.2) is 50.8 Å². The second-order valence-corrected chi connectivity index (χ2v) is 7.57. The van der Waals surface area contributed by atoms with Crippen LogP contribution in [0, 0.1) is 6.92 Å². The maximum Gasteiger partial charge on any atom is 0.267 e. The molecule has 9 heteroatoms. The molecule has 0 spiro atoms. The first-order chi connectivity index (χ1) is 13.0. The van der Waals surface area contributed by atoms with Crippen molar-refractivity contribution in [3.63, 3.8) is 0 Å². The number of thiocarbonyl (C=S) groups is 1. The van der Waals surface area contributed by atoms with Crippen LogP contribution in [0.25, 0.3) is 11.7 Å². The van der Waals surface area contributed by atoms with Gasteiger partial charge >= 0.3 is 0 Å². The van der Waals surface area contributed by atoms with E-state index in [1.54, 1.807) is 24.6 Å². The molecule has 1 amide bonds. The molecule has 4 heterocycles. The van der Waals surface area contributed by atoms with Crippen molar-refractivity contribution in [3.05, 3.63) is 68.9 Å². The van der Waals surface area contributed by atoms with Gasteiger partial charge in [-0.25, -0.2) is 4.98 Å². The average Bonchev–Trinajstić information content (AvgIpc) is 3.26. The van der Waals surface area contributed by atoms with E-state index in [1.165, 1.54) is 10.5 Å². The quantitative estimate of drug-likeness (QED) is 0.516. The van der Waals surface area contributed by atoms with Gasteiger partial charge in [0.2, 0.25) is 0 Å². The molecule has 1 fully saturated rings. The summed E-state index contributed by atoms with van der Waals surface area (Å²) >= 11 is 6.14. The van der Waals surface area contributed by atoms with Crippen molar-refractivity contribution in [2.75, 3.05) is 5.32 Å². The van der Waals surface area contributed by atoms with Crippen molar-refractivity contribution < 1.29 is 9.21 Å². The molecular weight excluding hydrogens is 384 g/mol. The molecule has 3 aromatic rings. The Morgan fingerprint density at radius 1 is 1.37 bits per heavy atom. The maximum atomic E-state index is 13.1. The molecule has 0 saturated carbocycles. The molecule has 1 aliphatic heterocycles. The molecule has 136 valence electrons. The summed E-state index contributed by atoms with van der Waals surface area (Å²) in [6.07, 6.45) is 4.75. The minimum absolute atomic E-state index is 0.274. The van der Waals surface area contributed by atoms with Crippen LogP contribution in [-0.4, -0.2) is 19.6 Å². The minimum atomic E-state index is -0.323. The number of carbonyl (C=O) groups excluding carboxylic acids is 1. The standard InChI is InChI=1S/C18H14N4O3S2/c1-10-4-2-6-22-15(10)20-14(19-9-11-5-3-7-25-11)12(17(22)24)8-13-16(23)21-18(26)27-13/h2-8,19H,9H2,1H3,(H,21,23,26)/b13-8+. The number of carbonyl (C=O) groups is 1. The first-order valence-corrected chi connectivity index (χ1v) is 9.28. The molecule has 1 saturated heterocycles. The second-order valence-electron chi connectivity index (χ2n) is 5.85. The largest absolute Gasteiger partial charge is 0.467 e. The highest BCUT2D eigenvalue weighted by Gasteiger charge is 2.24. The summed E-state index contributed by atoms with van der Waals surface area (Å²) in [4.78, 5) is 30.1. The van der Waals surface area contributed by atoms with Gasteiger partial charge in [0.1, 0.15) is 21.5 Å². The Labute approximate surface area is 163 Å². The third kappa shape index (κ3) is 3.38. The fraction of sp³-hybridized carbons (Fsp3) is 0.111. The van der Waals surface area contributed by atoms with Gasteiger partial charge in [-0.15, -0.1) is 0 Å². The number of nitrogens with one attached hydrogen (secondary N) is 2. The van der Waals surface area contributed by atoms with E-state index in [0.29, 0.717) is 33.0 Å². The van der Waals surface area contributed by atoms with Gasteiger partial charge in [0.15, 0.2) is 0 Å². The van der Waals surface area contributed by atoms with E-state index in [0.717, 1.165) is 17.3 Å². The Morgan fingerprint density at radius 3 is 2.93 bits per heavy atom. The van der Waals surface area contributed by atoms with Gasteiger partial charge in [-0.05, 0) is 36.8 Å². The Balaban J connectivity index is 1.86. The SMILES string of the molecule is Cc1cccn2c(=O)c(/C=C3/SC(=S)NC3=O)c(NCc3ccco3)nc12. The zero-order chi connectivity index (χ0) is 19.0. The van der Waals surface area contributed by atoms with Crippen LogP contribution in [0.4, 0.5) is 5.82 Å². The van der Waals surface area contributed by atoms with Crippen LogP contribution in [0.2, 0.25) is 0 Å². The number of hydrogen-bond acceptors (Lipinski definition) is 7. The van der Waals surface area contributed by atoms with Crippen molar-refractivity contribution in [3.8, 4) is 0 Å². The van der Waals surface area contributed by atoms with E-state index in [4.69, 9.17) is 16.6 Å². The summed E-state index contributed by atoms with van der Waals surface area (Å²) in [7, 11) is 0. The van der Waals surface area contributed by atoms with Gasteiger partial charge in [0.25, 0.3) is 11.5 Å². The third-order valence-electron chi connectivity index (χ3n) is 4.01. The number of aryl methyl sites for hydroxylation is 1. The predicted octanol–water partition coefficient (Wildman–Crippen LogP) is 2.70. The molecule has 27 heavy (non-hydrogen) atoms. The molecule has 0 atom stereocenters. The highest BCUT2D eigenvalue weighted by atomic mass is 32.2. The van der Waals surface area contributed by atoms with Gasteiger partial charge in [-0.3, -0.25) is 14.0 Å². The van der Waals surface area contributed by atoms with E-state index < -0.39 is 0 Å². The van der Waals surface area contributed by atoms with E-state index in [2.05, 4.69) is 15.6 Å². The lowest BCUT2D eigenvalue weighted by atomic mass is 10.2. The molecule has 0 aliphatic carbocycles. The molecule has 0 bridgehead atoms. The smallest absolute Gasteiger partial charge is 0.267 e. The number of nitrogens with zero attached hydrogens (tertiary/aromatic N) is 2. The Kier molecular flexibility index (Phi) is 4.54. The van der Waals surface area contributed by atoms with Crippen molar-refractivity contribution >= 4 is 51.7 Å². The number of rotatable bonds is 4. The Bertz CT molecular complexity index is 1150. The van der Waals surface area contributed by atoms with E-state index in [-0.39, 0.29) is 17.0 Å². The molecule has 0 radical (unpaired) electrons. The Hall–Kier alpha value is -2.91. The third-order valence-corrected chi connectivity index (χ3v) is 5.17. The average molecular weight is 398 g/mol. The zero-order valence-corrected chi connectivity index (χ0v) is 15.8. The number of pyridine rings is 1. The van der Waals surface area contributed by atoms with Gasteiger partial charge in [0.05, 0.1) is 23.3 Å². The number of thioether (sulfide) groups is 1. The minimum Gasteiger partial charge on any atom is -0.467 e. The van der Waals surface area contributed by atoms with Crippen molar-refractivity contribution in [2.24, 2.45) is 0 Å². The van der Waals surface area contributed by atoms with Gasteiger partial charge < -0.3 is 15.1 Å². The maximum absolute atomic E-state index is 13.1. The molecule has 1 aliphatic rings. The fourth-order valence-electron chi connectivity index (χ4n) is 2.71. The second kappa shape index (κ2) is 7.01. The van der Waals surface area contributed by atoms with Crippen LogP contribution in [-0.2, 0) is 11.3 Å². The monoisotopic (exact) mass is 398 g/mol. The van der Waals surface area contributed by atoms with Crippen LogP contribution in [0.5, 0.6) is 0 Å². The highest BCUT2D eigenvalue weighted by molar-refractivity contribution is 8.26. The number of anilines is 1.